The summed E-state index contributed by atoms with van der Waals surface area (Å²) < 4.78 is 25.0. The van der Waals surface area contributed by atoms with Crippen molar-refractivity contribution >= 4 is 25.7 Å². The highest BCUT2D eigenvalue weighted by Gasteiger charge is 2.28. The average Bonchev–Trinajstić information content (AvgIpc) is 2.47. The maximum Gasteiger partial charge on any atom is 0.472 e. The lowest BCUT2D eigenvalue weighted by molar-refractivity contribution is -0.144. The van der Waals surface area contributed by atoms with E-state index in [9.17, 15) is 28.9 Å². The zero-order valence-electron chi connectivity index (χ0n) is 13.3. The molecule has 4 N–H and O–H groups in total. The Hall–Kier alpha value is -1.52. The van der Waals surface area contributed by atoms with Gasteiger partial charge < -0.3 is 25.2 Å². The van der Waals surface area contributed by atoms with Crippen LogP contribution in [0.4, 0.5) is 0 Å². The third kappa shape index (κ3) is 11.1. The molecule has 0 aromatic heterocycles. The number of esters is 1. The topological polar surface area (TPSA) is 169 Å². The van der Waals surface area contributed by atoms with Crippen LogP contribution in [0.2, 0.25) is 0 Å². The second-order valence-electron chi connectivity index (χ2n) is 4.72. The first kappa shape index (κ1) is 22.5. The van der Waals surface area contributed by atoms with E-state index in [4.69, 9.17) is 5.11 Å². The molecule has 0 aliphatic rings. The third-order valence-electron chi connectivity index (χ3n) is 2.42. The van der Waals surface area contributed by atoms with Gasteiger partial charge in [0.25, 0.3) is 0 Å². The molecule has 140 valence electrons. The summed E-state index contributed by atoms with van der Waals surface area (Å²) in [7, 11) is -4.66. The number of aliphatic hydroxyl groups is 1. The molecule has 12 heteroatoms. The third-order valence-corrected chi connectivity index (χ3v) is 3.37. The van der Waals surface area contributed by atoms with Crippen molar-refractivity contribution in [1.29, 1.82) is 0 Å². The van der Waals surface area contributed by atoms with Gasteiger partial charge in [0.1, 0.15) is 12.7 Å². The summed E-state index contributed by atoms with van der Waals surface area (Å²) >= 11 is 0. The fourth-order valence-electron chi connectivity index (χ4n) is 1.32. The van der Waals surface area contributed by atoms with Crippen LogP contribution in [-0.2, 0) is 32.7 Å². The Bertz CT molecular complexity index is 482. The number of carbonyl (C=O) groups is 3. The van der Waals surface area contributed by atoms with Crippen LogP contribution >= 0.6 is 7.82 Å². The number of carboxylic acid groups (broad SMARTS) is 1. The number of phosphoric ester groups is 1. The molecule has 0 heterocycles. The number of phosphoric acid groups is 1. The van der Waals surface area contributed by atoms with Crippen LogP contribution in [0.15, 0.2) is 0 Å². The van der Waals surface area contributed by atoms with Crippen LogP contribution in [0.25, 0.3) is 0 Å². The number of rotatable bonds is 12. The van der Waals surface area contributed by atoms with Crippen LogP contribution in [0.3, 0.4) is 0 Å². The number of hydrogen-bond donors (Lipinski definition) is 4. The van der Waals surface area contributed by atoms with E-state index in [1.54, 1.807) is 6.92 Å². The van der Waals surface area contributed by atoms with E-state index in [1.165, 1.54) is 0 Å². The van der Waals surface area contributed by atoms with Gasteiger partial charge in [0.15, 0.2) is 6.04 Å². The minimum atomic E-state index is -4.66. The first-order valence-electron chi connectivity index (χ1n) is 7.02. The number of aliphatic carboxylic acids is 1. The van der Waals surface area contributed by atoms with Crippen LogP contribution in [0.5, 0.6) is 0 Å². The molecule has 24 heavy (non-hydrogen) atoms. The van der Waals surface area contributed by atoms with Crippen molar-refractivity contribution in [2.75, 3.05) is 19.8 Å². The lowest BCUT2D eigenvalue weighted by Crippen LogP contribution is -2.43. The highest BCUT2D eigenvalue weighted by atomic mass is 31.2. The molecule has 0 radical (unpaired) electrons. The Labute approximate surface area is 138 Å². The van der Waals surface area contributed by atoms with Gasteiger partial charge >= 0.3 is 19.8 Å². The molecular formula is C12H22NO10P. The molecule has 0 saturated heterocycles. The molecule has 3 unspecified atom stereocenters. The van der Waals surface area contributed by atoms with Crippen LogP contribution in [-0.4, -0.2) is 64.9 Å². The molecular weight excluding hydrogens is 349 g/mol. The highest BCUT2D eigenvalue weighted by Crippen LogP contribution is 2.43. The predicted molar refractivity (Wildman–Crippen MR) is 78.8 cm³/mol. The van der Waals surface area contributed by atoms with Gasteiger partial charge in [0.05, 0.1) is 13.2 Å². The lowest BCUT2D eigenvalue weighted by Gasteiger charge is -2.18. The van der Waals surface area contributed by atoms with Gasteiger partial charge in [0.2, 0.25) is 5.91 Å². The number of carboxylic acids is 1. The number of aliphatic hydroxyl groups excluding tert-OH is 1. The van der Waals surface area contributed by atoms with Gasteiger partial charge in [0, 0.05) is 13.3 Å². The summed E-state index contributed by atoms with van der Waals surface area (Å²) in [5.41, 5.74) is 0. The predicted octanol–water partition coefficient (Wildman–Crippen LogP) is -0.587. The monoisotopic (exact) mass is 371 g/mol. The van der Waals surface area contributed by atoms with E-state index in [-0.39, 0.29) is 6.42 Å². The van der Waals surface area contributed by atoms with Crippen molar-refractivity contribution in [3.63, 3.8) is 0 Å². The van der Waals surface area contributed by atoms with Crippen LogP contribution in [0.1, 0.15) is 26.7 Å². The molecule has 3 atom stereocenters. The Kier molecular flexibility index (Phi) is 10.4. The number of nitrogens with one attached hydrogen (secondary N) is 1. The summed E-state index contributed by atoms with van der Waals surface area (Å²) in [6, 6.07) is -1.53. The van der Waals surface area contributed by atoms with Crippen molar-refractivity contribution in [2.24, 2.45) is 0 Å². The summed E-state index contributed by atoms with van der Waals surface area (Å²) in [4.78, 5) is 42.3. The Balaban J connectivity index is 4.35. The van der Waals surface area contributed by atoms with E-state index in [0.717, 1.165) is 6.92 Å². The van der Waals surface area contributed by atoms with Crippen LogP contribution in [0, 0.1) is 0 Å². The second-order valence-corrected chi connectivity index (χ2v) is 6.18. The number of hydrogen-bond acceptors (Lipinski definition) is 8. The van der Waals surface area contributed by atoms with E-state index >= 15 is 0 Å². The summed E-state index contributed by atoms with van der Waals surface area (Å²) in [5, 5.41) is 20.4. The van der Waals surface area contributed by atoms with E-state index < -0.39 is 57.6 Å². The molecule has 0 saturated carbocycles. The van der Waals surface area contributed by atoms with Gasteiger partial charge in [-0.3, -0.25) is 18.6 Å². The van der Waals surface area contributed by atoms with Gasteiger partial charge in [-0.05, 0) is 6.42 Å². The normalized spacial score (nSPS) is 15.8. The molecule has 0 fully saturated rings. The Morgan fingerprint density at radius 3 is 2.25 bits per heavy atom. The van der Waals surface area contributed by atoms with Crippen LogP contribution < -0.4 is 5.32 Å². The summed E-state index contributed by atoms with van der Waals surface area (Å²) in [5.74, 6) is -2.64. The highest BCUT2D eigenvalue weighted by molar-refractivity contribution is 7.47. The van der Waals surface area contributed by atoms with Crippen molar-refractivity contribution in [2.45, 2.75) is 38.8 Å². The van der Waals surface area contributed by atoms with E-state index in [1.807, 2.05) is 0 Å². The zero-order valence-corrected chi connectivity index (χ0v) is 14.2. The fraction of sp³-hybridized carbons (Fsp3) is 0.750. The number of ether oxygens (including phenoxy) is 1. The Morgan fingerprint density at radius 2 is 1.75 bits per heavy atom. The quantitative estimate of drug-likeness (QED) is 0.257. The first-order chi connectivity index (χ1) is 11.1. The summed E-state index contributed by atoms with van der Waals surface area (Å²) in [6.07, 6.45) is -0.766. The first-order valence-corrected chi connectivity index (χ1v) is 8.52. The SMILES string of the molecule is CCCC(=O)NC(COP(=O)(O)OCC(O)COC(C)=O)C(=O)O. The largest absolute Gasteiger partial charge is 0.480 e. The standard InChI is InChI=1S/C12H22NO10P/c1-3-4-11(16)13-10(12(17)18)7-23-24(19,20)22-6-9(15)5-21-8(2)14/h9-10,15H,3-7H2,1-2H3,(H,13,16)(H,17,18)(H,19,20). The van der Waals surface area contributed by atoms with Gasteiger partial charge in [-0.15, -0.1) is 0 Å². The molecule has 0 aromatic carbocycles. The number of amides is 1. The molecule has 0 aliphatic heterocycles. The number of carbonyl (C=O) groups excluding carboxylic acids is 2. The minimum Gasteiger partial charge on any atom is -0.480 e. The second kappa shape index (κ2) is 11.1. The average molecular weight is 371 g/mol. The zero-order chi connectivity index (χ0) is 18.8. The van der Waals surface area contributed by atoms with Crippen molar-refractivity contribution < 1.29 is 47.8 Å². The lowest BCUT2D eigenvalue weighted by atomic mass is 10.2. The fourth-order valence-corrected chi connectivity index (χ4v) is 2.09. The molecule has 0 spiro atoms. The van der Waals surface area contributed by atoms with E-state index in [2.05, 4.69) is 19.1 Å². The molecule has 0 aromatic rings. The van der Waals surface area contributed by atoms with Gasteiger partial charge in [-0.1, -0.05) is 6.92 Å². The maximum atomic E-state index is 11.6. The van der Waals surface area contributed by atoms with Crippen molar-refractivity contribution in [3.05, 3.63) is 0 Å². The van der Waals surface area contributed by atoms with Gasteiger partial charge in [-0.2, -0.15) is 0 Å². The molecule has 11 nitrogen and oxygen atoms in total. The van der Waals surface area contributed by atoms with Crippen molar-refractivity contribution in [3.8, 4) is 0 Å². The Morgan fingerprint density at radius 1 is 1.17 bits per heavy atom. The molecule has 1 amide bonds. The molecule has 0 bridgehead atoms. The smallest absolute Gasteiger partial charge is 0.472 e. The molecule has 0 aliphatic carbocycles. The minimum absolute atomic E-state index is 0.0966. The van der Waals surface area contributed by atoms with E-state index in [0.29, 0.717) is 6.42 Å². The summed E-state index contributed by atoms with van der Waals surface area (Å²) in [6.45, 7) is 0.912. The van der Waals surface area contributed by atoms with Gasteiger partial charge in [-0.25, -0.2) is 9.36 Å². The van der Waals surface area contributed by atoms with Crippen molar-refractivity contribution in [1.82, 2.24) is 5.32 Å². The maximum absolute atomic E-state index is 11.6. The molecule has 0 rings (SSSR count).